The molecule has 1 aromatic rings. The van der Waals surface area contributed by atoms with E-state index in [1.54, 1.807) is 5.32 Å². The zero-order valence-electron chi connectivity index (χ0n) is 12.1. The van der Waals surface area contributed by atoms with Crippen molar-refractivity contribution >= 4 is 11.8 Å². The Morgan fingerprint density at radius 3 is 2.36 bits per heavy atom. The molecule has 0 aliphatic heterocycles. The van der Waals surface area contributed by atoms with E-state index in [0.29, 0.717) is 0 Å². The SMILES string of the molecule is CC(C)(C)OC(=O)NC(c1cccc([N+](=O)[O-])c1)C(F)(F)F. The van der Waals surface area contributed by atoms with Crippen molar-refractivity contribution in [1.82, 2.24) is 5.32 Å². The maximum atomic E-state index is 13.1. The zero-order chi connectivity index (χ0) is 17.1. The molecule has 0 saturated heterocycles. The van der Waals surface area contributed by atoms with Gasteiger partial charge in [0.25, 0.3) is 5.69 Å². The first-order valence-corrected chi connectivity index (χ1v) is 6.21. The number of hydrogen-bond donors (Lipinski definition) is 1. The summed E-state index contributed by atoms with van der Waals surface area (Å²) in [6, 6.07) is 1.58. The minimum absolute atomic E-state index is 0.451. The van der Waals surface area contributed by atoms with Crippen LogP contribution in [-0.4, -0.2) is 22.8 Å². The Kier molecular flexibility index (Phi) is 5.00. The first-order valence-electron chi connectivity index (χ1n) is 6.21. The molecule has 0 heterocycles. The average molecular weight is 320 g/mol. The molecule has 1 rings (SSSR count). The van der Waals surface area contributed by atoms with Crippen LogP contribution in [0.4, 0.5) is 23.7 Å². The molecule has 22 heavy (non-hydrogen) atoms. The van der Waals surface area contributed by atoms with E-state index in [0.717, 1.165) is 24.3 Å². The van der Waals surface area contributed by atoms with Gasteiger partial charge in [0.05, 0.1) is 4.92 Å². The van der Waals surface area contributed by atoms with Crippen LogP contribution in [0.15, 0.2) is 24.3 Å². The van der Waals surface area contributed by atoms with E-state index >= 15 is 0 Å². The molecule has 0 saturated carbocycles. The highest BCUT2D eigenvalue weighted by Gasteiger charge is 2.43. The monoisotopic (exact) mass is 320 g/mol. The second-order valence-electron chi connectivity index (χ2n) is 5.47. The molecule has 0 aliphatic rings. The van der Waals surface area contributed by atoms with Crippen molar-refractivity contribution in [3.8, 4) is 0 Å². The number of nitrogens with one attached hydrogen (secondary N) is 1. The Hall–Kier alpha value is -2.32. The second-order valence-corrected chi connectivity index (χ2v) is 5.47. The summed E-state index contributed by atoms with van der Waals surface area (Å²) in [4.78, 5) is 21.4. The number of alkyl halides is 3. The lowest BCUT2D eigenvalue weighted by Crippen LogP contribution is -2.41. The normalized spacial score (nSPS) is 13.4. The van der Waals surface area contributed by atoms with Crippen molar-refractivity contribution in [3.05, 3.63) is 39.9 Å². The third kappa shape index (κ3) is 5.23. The van der Waals surface area contributed by atoms with Crippen LogP contribution in [0.3, 0.4) is 0 Å². The highest BCUT2D eigenvalue weighted by Crippen LogP contribution is 2.34. The first-order chi connectivity index (χ1) is 9.90. The summed E-state index contributed by atoms with van der Waals surface area (Å²) in [7, 11) is 0. The van der Waals surface area contributed by atoms with Crippen molar-refractivity contribution in [3.63, 3.8) is 0 Å². The van der Waals surface area contributed by atoms with Gasteiger partial charge in [0, 0.05) is 12.1 Å². The quantitative estimate of drug-likeness (QED) is 0.679. The number of amides is 1. The van der Waals surface area contributed by atoms with Crippen molar-refractivity contribution < 1.29 is 27.6 Å². The minimum atomic E-state index is -4.83. The van der Waals surface area contributed by atoms with E-state index in [9.17, 15) is 28.1 Å². The van der Waals surface area contributed by atoms with Gasteiger partial charge in [-0.1, -0.05) is 12.1 Å². The summed E-state index contributed by atoms with van der Waals surface area (Å²) in [6.07, 6.45) is -6.09. The van der Waals surface area contributed by atoms with Crippen LogP contribution in [-0.2, 0) is 4.74 Å². The largest absolute Gasteiger partial charge is 0.444 e. The molecule has 0 aromatic heterocycles. The smallest absolute Gasteiger partial charge is 0.412 e. The number of nitro groups is 1. The molecule has 9 heteroatoms. The molecule has 0 spiro atoms. The number of carbonyl (C=O) groups is 1. The number of alkyl carbamates (subject to hydrolysis) is 1. The van der Waals surface area contributed by atoms with Gasteiger partial charge in [-0.2, -0.15) is 13.2 Å². The van der Waals surface area contributed by atoms with Crippen molar-refractivity contribution in [1.29, 1.82) is 0 Å². The summed E-state index contributed by atoms with van der Waals surface area (Å²) in [5, 5.41) is 12.3. The molecule has 1 amide bonds. The van der Waals surface area contributed by atoms with E-state index in [1.165, 1.54) is 20.8 Å². The molecule has 0 aliphatic carbocycles. The molecule has 1 N–H and O–H groups in total. The number of rotatable bonds is 3. The highest BCUT2D eigenvalue weighted by atomic mass is 19.4. The van der Waals surface area contributed by atoms with Crippen LogP contribution in [0.1, 0.15) is 32.4 Å². The van der Waals surface area contributed by atoms with Gasteiger partial charge >= 0.3 is 12.3 Å². The van der Waals surface area contributed by atoms with E-state index < -0.39 is 40.1 Å². The molecule has 1 unspecified atom stereocenters. The number of benzene rings is 1. The zero-order valence-corrected chi connectivity index (χ0v) is 12.1. The fraction of sp³-hybridized carbons (Fsp3) is 0.462. The predicted molar refractivity (Wildman–Crippen MR) is 71.3 cm³/mol. The topological polar surface area (TPSA) is 81.5 Å². The molecule has 6 nitrogen and oxygen atoms in total. The number of hydrogen-bond acceptors (Lipinski definition) is 4. The maximum Gasteiger partial charge on any atom is 0.412 e. The van der Waals surface area contributed by atoms with Gasteiger partial charge in [-0.25, -0.2) is 4.79 Å². The summed E-state index contributed by atoms with van der Waals surface area (Å²) in [6.45, 7) is 4.51. The fourth-order valence-electron chi connectivity index (χ4n) is 1.60. The van der Waals surface area contributed by atoms with E-state index in [4.69, 9.17) is 4.74 Å². The van der Waals surface area contributed by atoms with Crippen LogP contribution in [0.25, 0.3) is 0 Å². The Labute approximate surface area is 124 Å². The van der Waals surface area contributed by atoms with Gasteiger partial charge in [0.15, 0.2) is 6.04 Å². The minimum Gasteiger partial charge on any atom is -0.444 e. The summed E-state index contributed by atoms with van der Waals surface area (Å²) < 4.78 is 44.1. The molecular formula is C13H15F3N2O4. The summed E-state index contributed by atoms with van der Waals surface area (Å²) in [5.74, 6) is 0. The van der Waals surface area contributed by atoms with E-state index in [2.05, 4.69) is 0 Å². The molecular weight excluding hydrogens is 305 g/mol. The van der Waals surface area contributed by atoms with Gasteiger partial charge in [-0.3, -0.25) is 10.1 Å². The van der Waals surface area contributed by atoms with Crippen molar-refractivity contribution in [2.75, 3.05) is 0 Å². The summed E-state index contributed by atoms with van der Waals surface area (Å²) in [5.41, 5.74) is -1.92. The third-order valence-electron chi connectivity index (χ3n) is 2.40. The molecule has 0 bridgehead atoms. The Morgan fingerprint density at radius 2 is 1.91 bits per heavy atom. The van der Waals surface area contributed by atoms with Gasteiger partial charge in [0.1, 0.15) is 5.60 Å². The number of ether oxygens (including phenoxy) is 1. The number of nitrogens with zero attached hydrogens (tertiary/aromatic N) is 1. The average Bonchev–Trinajstić information content (AvgIpc) is 2.32. The number of non-ortho nitro benzene ring substituents is 1. The number of halogens is 3. The lowest BCUT2D eigenvalue weighted by Gasteiger charge is -2.25. The molecule has 0 fully saturated rings. The van der Waals surface area contributed by atoms with Crippen LogP contribution in [0.2, 0.25) is 0 Å². The first kappa shape index (κ1) is 17.7. The standard InChI is InChI=1S/C13H15F3N2O4/c1-12(2,3)22-11(19)17-10(13(14,15)16)8-5-4-6-9(7-8)18(20)21/h4-7,10H,1-3H3,(H,17,19). The summed E-state index contributed by atoms with van der Waals surface area (Å²) >= 11 is 0. The predicted octanol–water partition coefficient (Wildman–Crippen LogP) is 3.72. The molecule has 122 valence electrons. The van der Waals surface area contributed by atoms with Crippen LogP contribution in [0.5, 0.6) is 0 Å². The molecule has 1 aromatic carbocycles. The van der Waals surface area contributed by atoms with Crippen molar-refractivity contribution in [2.24, 2.45) is 0 Å². The van der Waals surface area contributed by atoms with Crippen LogP contribution in [0, 0.1) is 10.1 Å². The lowest BCUT2D eigenvalue weighted by molar-refractivity contribution is -0.385. The Balaban J connectivity index is 3.07. The number of nitro benzene ring substituents is 1. The van der Waals surface area contributed by atoms with Gasteiger partial charge in [-0.05, 0) is 26.3 Å². The Morgan fingerprint density at radius 1 is 1.32 bits per heavy atom. The van der Waals surface area contributed by atoms with Gasteiger partial charge in [-0.15, -0.1) is 0 Å². The molecule has 1 atom stereocenters. The number of carbonyl (C=O) groups excluding carboxylic acids is 1. The van der Waals surface area contributed by atoms with E-state index in [1.807, 2.05) is 0 Å². The van der Waals surface area contributed by atoms with Crippen molar-refractivity contribution in [2.45, 2.75) is 38.6 Å². The fourth-order valence-corrected chi connectivity index (χ4v) is 1.60. The van der Waals surface area contributed by atoms with Gasteiger partial charge < -0.3 is 10.1 Å². The van der Waals surface area contributed by atoms with Crippen LogP contribution >= 0.6 is 0 Å². The lowest BCUT2D eigenvalue weighted by atomic mass is 10.1. The van der Waals surface area contributed by atoms with Gasteiger partial charge in [0.2, 0.25) is 0 Å². The highest BCUT2D eigenvalue weighted by molar-refractivity contribution is 5.68. The second kappa shape index (κ2) is 6.20. The Bertz CT molecular complexity index is 567. The van der Waals surface area contributed by atoms with Crippen LogP contribution < -0.4 is 5.32 Å². The maximum absolute atomic E-state index is 13.1. The molecule has 0 radical (unpaired) electrons. The third-order valence-corrected chi connectivity index (χ3v) is 2.40. The van der Waals surface area contributed by atoms with E-state index in [-0.39, 0.29) is 0 Å².